The van der Waals surface area contributed by atoms with Crippen LogP contribution in [0.2, 0.25) is 0 Å². The third-order valence-corrected chi connectivity index (χ3v) is 2.73. The lowest BCUT2D eigenvalue weighted by Gasteiger charge is -2.06. The molecule has 0 radical (unpaired) electrons. The molecular weight excluding hydrogens is 268 g/mol. The van der Waals surface area contributed by atoms with Crippen molar-refractivity contribution in [2.75, 3.05) is 23.7 Å². The molecule has 7 heteroatoms. The first-order chi connectivity index (χ1) is 10.2. The molecule has 0 aliphatic rings. The van der Waals surface area contributed by atoms with Gasteiger partial charge in [0.15, 0.2) is 0 Å². The van der Waals surface area contributed by atoms with Crippen LogP contribution in [0.25, 0.3) is 0 Å². The normalized spacial score (nSPS) is 9.86. The van der Waals surface area contributed by atoms with Crippen molar-refractivity contribution in [1.29, 1.82) is 0 Å². The van der Waals surface area contributed by atoms with Gasteiger partial charge in [-0.1, -0.05) is 5.92 Å². The van der Waals surface area contributed by atoms with E-state index in [-0.39, 0.29) is 6.61 Å². The van der Waals surface area contributed by atoms with Gasteiger partial charge >= 0.3 is 0 Å². The number of anilines is 2. The molecule has 0 aromatic carbocycles. The minimum absolute atomic E-state index is 0.169. The van der Waals surface area contributed by atoms with Gasteiger partial charge in [0.1, 0.15) is 23.0 Å². The molecule has 3 N–H and O–H groups in total. The fourth-order valence-corrected chi connectivity index (χ4v) is 1.73. The number of hydrogen-bond donors (Lipinski definition) is 3. The van der Waals surface area contributed by atoms with Crippen LogP contribution in [0.5, 0.6) is 0 Å². The summed E-state index contributed by atoms with van der Waals surface area (Å²) in [5.74, 6) is 7.37. The van der Waals surface area contributed by atoms with Crippen molar-refractivity contribution >= 4 is 11.6 Å². The van der Waals surface area contributed by atoms with Gasteiger partial charge < -0.3 is 15.7 Å². The van der Waals surface area contributed by atoms with E-state index in [4.69, 9.17) is 0 Å². The Morgan fingerprint density at radius 1 is 1.38 bits per heavy atom. The zero-order valence-electron chi connectivity index (χ0n) is 12.1. The molecule has 0 unspecified atom stereocenters. The Morgan fingerprint density at radius 3 is 2.90 bits per heavy atom. The molecule has 0 aliphatic heterocycles. The molecule has 110 valence electrons. The number of hydrogen-bond acceptors (Lipinski definition) is 6. The lowest BCUT2D eigenvalue weighted by atomic mass is 10.3. The van der Waals surface area contributed by atoms with Gasteiger partial charge in [-0.05, 0) is 12.8 Å². The molecule has 2 aromatic rings. The zero-order valence-corrected chi connectivity index (χ0v) is 12.1. The summed E-state index contributed by atoms with van der Waals surface area (Å²) >= 11 is 0. The van der Waals surface area contributed by atoms with Gasteiger partial charge in [0.05, 0.1) is 25.5 Å². The summed E-state index contributed by atoms with van der Waals surface area (Å²) in [6, 6.07) is 1.87. The third-order valence-electron chi connectivity index (χ3n) is 2.73. The van der Waals surface area contributed by atoms with Crippen LogP contribution >= 0.6 is 0 Å². The Balaban J connectivity index is 2.00. The fraction of sp³-hybridized carbons (Fsp3) is 0.357. The van der Waals surface area contributed by atoms with Crippen molar-refractivity contribution in [3.05, 3.63) is 29.8 Å². The van der Waals surface area contributed by atoms with E-state index in [1.165, 1.54) is 0 Å². The monoisotopic (exact) mass is 286 g/mol. The Morgan fingerprint density at radius 2 is 2.24 bits per heavy atom. The smallest absolute Gasteiger partial charge is 0.150 e. The molecule has 0 aliphatic carbocycles. The zero-order chi connectivity index (χ0) is 15.1. The van der Waals surface area contributed by atoms with Gasteiger partial charge in [0.2, 0.25) is 0 Å². The Kier molecular flexibility index (Phi) is 5.12. The van der Waals surface area contributed by atoms with Crippen LogP contribution in [0.4, 0.5) is 11.6 Å². The summed E-state index contributed by atoms with van der Waals surface area (Å²) in [6.45, 7) is 2.99. The molecule has 0 saturated carbocycles. The molecule has 0 amide bonds. The van der Waals surface area contributed by atoms with E-state index >= 15 is 0 Å². The second-order valence-corrected chi connectivity index (χ2v) is 4.23. The number of nitrogens with one attached hydrogen (secondary N) is 2. The van der Waals surface area contributed by atoms with Gasteiger partial charge in [-0.15, -0.1) is 0 Å². The number of aromatic nitrogens is 4. The number of rotatable bonds is 5. The van der Waals surface area contributed by atoms with Crippen LogP contribution in [0.1, 0.15) is 18.3 Å². The van der Waals surface area contributed by atoms with Gasteiger partial charge in [-0.2, -0.15) is 5.10 Å². The van der Waals surface area contributed by atoms with E-state index in [9.17, 15) is 5.11 Å². The number of nitrogens with zero attached hydrogens (tertiary/aromatic N) is 4. The average Bonchev–Trinajstić information content (AvgIpc) is 2.90. The van der Waals surface area contributed by atoms with E-state index in [2.05, 4.69) is 37.5 Å². The van der Waals surface area contributed by atoms with Crippen molar-refractivity contribution in [2.45, 2.75) is 13.5 Å². The highest BCUT2D eigenvalue weighted by Crippen LogP contribution is 2.09. The highest BCUT2D eigenvalue weighted by atomic mass is 16.3. The Bertz CT molecular complexity index is 655. The predicted molar refractivity (Wildman–Crippen MR) is 80.7 cm³/mol. The van der Waals surface area contributed by atoms with Gasteiger partial charge in [0.25, 0.3) is 0 Å². The summed E-state index contributed by atoms with van der Waals surface area (Å²) in [6.07, 6.45) is 3.31. The van der Waals surface area contributed by atoms with Crippen LogP contribution in [0, 0.1) is 11.8 Å². The molecule has 0 bridgehead atoms. The number of aliphatic hydroxyl groups is 1. The first-order valence-electron chi connectivity index (χ1n) is 6.66. The van der Waals surface area contributed by atoms with Gasteiger partial charge in [-0.25, -0.2) is 9.97 Å². The van der Waals surface area contributed by atoms with E-state index in [1.54, 1.807) is 17.1 Å². The standard InChI is InChI=1S/C14H18N6O/c1-3-15-14-12(10-21)19-11(9-17-14)5-4-7-16-13-6-8-18-20(13)2/h6,8-9,16,21H,3,7,10H2,1-2H3,(H,15,17). The lowest BCUT2D eigenvalue weighted by molar-refractivity contribution is 0.277. The van der Waals surface area contributed by atoms with E-state index in [0.29, 0.717) is 23.8 Å². The van der Waals surface area contributed by atoms with Crippen LogP contribution in [0.15, 0.2) is 18.5 Å². The second kappa shape index (κ2) is 7.26. The largest absolute Gasteiger partial charge is 0.390 e. The topological polar surface area (TPSA) is 87.9 Å². The Hall–Kier alpha value is -2.59. The van der Waals surface area contributed by atoms with Crippen LogP contribution in [-0.4, -0.2) is 37.9 Å². The summed E-state index contributed by atoms with van der Waals surface area (Å²) < 4.78 is 1.73. The van der Waals surface area contributed by atoms with E-state index in [1.807, 2.05) is 20.0 Å². The molecule has 0 saturated heterocycles. The van der Waals surface area contributed by atoms with Crippen LogP contribution in [-0.2, 0) is 13.7 Å². The maximum Gasteiger partial charge on any atom is 0.150 e. The molecule has 0 fully saturated rings. The third kappa shape index (κ3) is 3.94. The van der Waals surface area contributed by atoms with Crippen molar-refractivity contribution in [1.82, 2.24) is 19.7 Å². The Labute approximate surface area is 123 Å². The minimum Gasteiger partial charge on any atom is -0.390 e. The first kappa shape index (κ1) is 14.8. The first-order valence-corrected chi connectivity index (χ1v) is 6.66. The average molecular weight is 286 g/mol. The quantitative estimate of drug-likeness (QED) is 0.698. The maximum absolute atomic E-state index is 9.28. The number of aliphatic hydroxyl groups excluding tert-OH is 1. The van der Waals surface area contributed by atoms with Crippen LogP contribution < -0.4 is 10.6 Å². The van der Waals surface area contributed by atoms with Crippen molar-refractivity contribution in [3.8, 4) is 11.8 Å². The van der Waals surface area contributed by atoms with Crippen molar-refractivity contribution in [2.24, 2.45) is 7.05 Å². The molecule has 2 rings (SSSR count). The van der Waals surface area contributed by atoms with Gasteiger partial charge in [-0.3, -0.25) is 4.68 Å². The molecule has 2 aromatic heterocycles. The minimum atomic E-state index is -0.169. The summed E-state index contributed by atoms with van der Waals surface area (Å²) in [4.78, 5) is 8.48. The highest BCUT2D eigenvalue weighted by molar-refractivity contribution is 5.42. The fourth-order valence-electron chi connectivity index (χ4n) is 1.73. The summed E-state index contributed by atoms with van der Waals surface area (Å²) in [7, 11) is 1.86. The molecule has 7 nitrogen and oxygen atoms in total. The molecule has 0 spiro atoms. The number of aryl methyl sites for hydroxylation is 1. The summed E-state index contributed by atoms with van der Waals surface area (Å²) in [5, 5.41) is 19.5. The summed E-state index contributed by atoms with van der Waals surface area (Å²) in [5.41, 5.74) is 1.04. The molecular formula is C14H18N6O. The highest BCUT2D eigenvalue weighted by Gasteiger charge is 2.04. The molecule has 0 atom stereocenters. The predicted octanol–water partition coefficient (Wildman–Crippen LogP) is 0.598. The molecule has 2 heterocycles. The van der Waals surface area contributed by atoms with E-state index in [0.717, 1.165) is 12.4 Å². The second-order valence-electron chi connectivity index (χ2n) is 4.23. The maximum atomic E-state index is 9.28. The van der Waals surface area contributed by atoms with E-state index < -0.39 is 0 Å². The molecule has 21 heavy (non-hydrogen) atoms. The van der Waals surface area contributed by atoms with Crippen molar-refractivity contribution in [3.63, 3.8) is 0 Å². The van der Waals surface area contributed by atoms with Crippen molar-refractivity contribution < 1.29 is 5.11 Å². The van der Waals surface area contributed by atoms with Crippen LogP contribution in [0.3, 0.4) is 0 Å². The lowest BCUT2D eigenvalue weighted by Crippen LogP contribution is -2.07. The van der Waals surface area contributed by atoms with Gasteiger partial charge in [0, 0.05) is 19.7 Å². The SMILES string of the molecule is CCNc1ncc(C#CCNc2ccnn2C)nc1CO.